The molecule has 0 amide bonds. The van der Waals surface area contributed by atoms with Crippen molar-refractivity contribution in [3.63, 3.8) is 0 Å². The molecule has 0 aliphatic rings. The molecule has 0 fully saturated rings. The molecule has 0 aliphatic carbocycles. The van der Waals surface area contributed by atoms with Crippen LogP contribution in [-0.4, -0.2) is 41.0 Å². The molecule has 35 heavy (non-hydrogen) atoms. The molecule has 1 N–H and O–H groups in total. The van der Waals surface area contributed by atoms with E-state index in [1.54, 1.807) is 0 Å². The number of hydrogen-bond acceptors (Lipinski definition) is 9. The van der Waals surface area contributed by atoms with Crippen LogP contribution >= 0.6 is 7.82 Å². The highest BCUT2D eigenvalue weighted by Gasteiger charge is 2.27. The van der Waals surface area contributed by atoms with E-state index in [9.17, 15) is 4.57 Å². The second-order valence-corrected chi connectivity index (χ2v) is 9.19. The molecule has 0 saturated heterocycles. The minimum atomic E-state index is -3.82. The molecule has 4 aromatic rings. The molecule has 4 rings (SSSR count). The number of aromatic nitrogens is 4. The van der Waals surface area contributed by atoms with E-state index in [2.05, 4.69) is 20.2 Å². The number of fused-ring (bicyclic) bond motifs is 1. The lowest BCUT2D eigenvalue weighted by Gasteiger charge is -2.18. The SMILES string of the molecule is COc1nc(OC)c2c(CCCOP(=O)(OCc3ccccc3)OCc3ccccc3)[nH]nc2n1. The lowest BCUT2D eigenvalue weighted by Crippen LogP contribution is -2.04. The molecule has 0 spiro atoms. The number of rotatable bonds is 13. The maximum Gasteiger partial charge on any atom is 0.475 e. The Morgan fingerprint density at radius 3 is 2.03 bits per heavy atom. The number of methoxy groups -OCH3 is 2. The first-order valence-electron chi connectivity index (χ1n) is 11.0. The van der Waals surface area contributed by atoms with Crippen molar-refractivity contribution in [3.8, 4) is 11.9 Å². The van der Waals surface area contributed by atoms with Gasteiger partial charge in [0.15, 0.2) is 5.65 Å². The number of aromatic amines is 1. The third-order valence-electron chi connectivity index (χ3n) is 5.10. The highest BCUT2D eigenvalue weighted by atomic mass is 31.2. The van der Waals surface area contributed by atoms with Crippen LogP contribution in [0, 0.1) is 0 Å². The minimum Gasteiger partial charge on any atom is -0.480 e. The molecule has 11 heteroatoms. The standard InChI is InChI=1S/C24H27N4O6P/c1-30-23-21-20(27-28-22(21)25-24(26-23)31-2)14-9-15-32-35(29,33-16-18-10-5-3-6-11-18)34-17-19-12-7-4-8-13-19/h3-8,10-13H,9,14-17H2,1-2H3,(H,25,26,27,28). The maximum atomic E-state index is 13.4. The molecule has 10 nitrogen and oxygen atoms in total. The third kappa shape index (κ3) is 6.64. The summed E-state index contributed by atoms with van der Waals surface area (Å²) in [5.74, 6) is 0.361. The van der Waals surface area contributed by atoms with Crippen molar-refractivity contribution in [1.29, 1.82) is 0 Å². The smallest absolute Gasteiger partial charge is 0.475 e. The highest BCUT2D eigenvalue weighted by molar-refractivity contribution is 7.48. The first-order chi connectivity index (χ1) is 17.1. The second kappa shape index (κ2) is 11.9. The molecule has 0 atom stereocenters. The minimum absolute atomic E-state index is 0.106. The Morgan fingerprint density at radius 2 is 1.46 bits per heavy atom. The Hall–Kier alpha value is -3.30. The van der Waals surface area contributed by atoms with Crippen molar-refractivity contribution in [3.05, 3.63) is 77.5 Å². The first-order valence-corrected chi connectivity index (χ1v) is 12.5. The summed E-state index contributed by atoms with van der Waals surface area (Å²) in [5.41, 5.74) is 2.94. The van der Waals surface area contributed by atoms with Gasteiger partial charge >= 0.3 is 13.8 Å². The van der Waals surface area contributed by atoms with Crippen LogP contribution in [0.15, 0.2) is 60.7 Å². The van der Waals surface area contributed by atoms with E-state index in [0.717, 1.165) is 16.8 Å². The topological polar surface area (TPSA) is 118 Å². The Labute approximate surface area is 203 Å². The van der Waals surface area contributed by atoms with Gasteiger partial charge < -0.3 is 9.47 Å². The Morgan fingerprint density at radius 1 is 0.829 bits per heavy atom. The van der Waals surface area contributed by atoms with E-state index < -0.39 is 7.82 Å². The number of hydrogen-bond donors (Lipinski definition) is 1. The fourth-order valence-electron chi connectivity index (χ4n) is 3.34. The van der Waals surface area contributed by atoms with Crippen LogP contribution in [0.4, 0.5) is 0 Å². The van der Waals surface area contributed by atoms with Gasteiger partial charge in [0.25, 0.3) is 0 Å². The molecule has 184 valence electrons. The van der Waals surface area contributed by atoms with E-state index in [0.29, 0.717) is 29.8 Å². The fourth-order valence-corrected chi connectivity index (χ4v) is 4.53. The van der Waals surface area contributed by atoms with Gasteiger partial charge in [0.2, 0.25) is 5.88 Å². The molecule has 2 heterocycles. The van der Waals surface area contributed by atoms with Crippen molar-refractivity contribution >= 4 is 18.9 Å². The fraction of sp³-hybridized carbons (Fsp3) is 0.292. The summed E-state index contributed by atoms with van der Waals surface area (Å²) in [5, 5.41) is 7.83. The van der Waals surface area contributed by atoms with Gasteiger partial charge in [-0.25, -0.2) is 4.57 Å². The molecular formula is C24H27N4O6P. The molecular weight excluding hydrogens is 471 g/mol. The Bertz CT molecular complexity index is 1220. The van der Waals surface area contributed by atoms with Crippen LogP contribution in [0.2, 0.25) is 0 Å². The molecule has 0 bridgehead atoms. The molecule has 0 unspecified atom stereocenters. The van der Waals surface area contributed by atoms with E-state index >= 15 is 0 Å². The summed E-state index contributed by atoms with van der Waals surface area (Å²) >= 11 is 0. The number of aryl methyl sites for hydroxylation is 1. The number of nitrogens with zero attached hydrogens (tertiary/aromatic N) is 3. The zero-order valence-corrected chi connectivity index (χ0v) is 20.4. The first kappa shape index (κ1) is 24.8. The van der Waals surface area contributed by atoms with Crippen molar-refractivity contribution < 1.29 is 27.6 Å². The van der Waals surface area contributed by atoms with E-state index in [1.165, 1.54) is 14.2 Å². The average Bonchev–Trinajstić information content (AvgIpc) is 3.32. The van der Waals surface area contributed by atoms with Crippen molar-refractivity contribution in [1.82, 2.24) is 20.2 Å². The van der Waals surface area contributed by atoms with Gasteiger partial charge in [-0.05, 0) is 24.0 Å². The summed E-state index contributed by atoms with van der Waals surface area (Å²) in [6.45, 7) is 0.351. The average molecular weight is 498 g/mol. The van der Waals surface area contributed by atoms with Gasteiger partial charge in [-0.2, -0.15) is 15.1 Å². The van der Waals surface area contributed by atoms with Crippen LogP contribution in [0.25, 0.3) is 11.0 Å². The zero-order chi connectivity index (χ0) is 24.5. The van der Waals surface area contributed by atoms with Crippen LogP contribution < -0.4 is 9.47 Å². The molecule has 0 radical (unpaired) electrons. The number of H-pyrrole nitrogens is 1. The predicted octanol–water partition coefficient (Wildman–Crippen LogP) is 4.86. The van der Waals surface area contributed by atoms with Gasteiger partial charge in [0.1, 0.15) is 5.39 Å². The normalized spacial score (nSPS) is 11.6. The van der Waals surface area contributed by atoms with Gasteiger partial charge in [-0.1, -0.05) is 60.7 Å². The maximum absolute atomic E-state index is 13.4. The van der Waals surface area contributed by atoms with Gasteiger partial charge in [0.05, 0.1) is 39.7 Å². The quantitative estimate of drug-likeness (QED) is 0.204. The Kier molecular flexibility index (Phi) is 8.44. The summed E-state index contributed by atoms with van der Waals surface area (Å²) < 4.78 is 40.8. The van der Waals surface area contributed by atoms with Crippen LogP contribution in [-0.2, 0) is 37.8 Å². The summed E-state index contributed by atoms with van der Waals surface area (Å²) in [7, 11) is -0.828. The number of ether oxygens (including phenoxy) is 2. The van der Waals surface area contributed by atoms with Crippen LogP contribution in [0.5, 0.6) is 11.9 Å². The van der Waals surface area contributed by atoms with E-state index in [4.69, 9.17) is 23.0 Å². The van der Waals surface area contributed by atoms with Gasteiger partial charge in [-0.15, -0.1) is 0 Å². The largest absolute Gasteiger partial charge is 0.480 e. The highest BCUT2D eigenvalue weighted by Crippen LogP contribution is 2.51. The van der Waals surface area contributed by atoms with Gasteiger partial charge in [0, 0.05) is 0 Å². The lowest BCUT2D eigenvalue weighted by molar-refractivity contribution is 0.102. The van der Waals surface area contributed by atoms with E-state index in [1.807, 2.05) is 60.7 Å². The number of benzene rings is 2. The number of nitrogens with one attached hydrogen (secondary N) is 1. The number of phosphoric ester groups is 1. The summed E-state index contributed by atoms with van der Waals surface area (Å²) in [6.07, 6.45) is 1.04. The van der Waals surface area contributed by atoms with Crippen LogP contribution in [0.3, 0.4) is 0 Å². The summed E-state index contributed by atoms with van der Waals surface area (Å²) in [4.78, 5) is 8.44. The monoisotopic (exact) mass is 498 g/mol. The lowest BCUT2D eigenvalue weighted by atomic mass is 10.2. The predicted molar refractivity (Wildman–Crippen MR) is 129 cm³/mol. The molecule has 2 aromatic heterocycles. The van der Waals surface area contributed by atoms with Crippen molar-refractivity contribution in [2.45, 2.75) is 26.1 Å². The molecule has 0 saturated carbocycles. The van der Waals surface area contributed by atoms with Crippen LogP contribution in [0.1, 0.15) is 23.2 Å². The number of phosphoric acid groups is 1. The van der Waals surface area contributed by atoms with Crippen molar-refractivity contribution in [2.24, 2.45) is 0 Å². The second-order valence-electron chi connectivity index (χ2n) is 7.52. The third-order valence-corrected chi connectivity index (χ3v) is 6.48. The van der Waals surface area contributed by atoms with Crippen molar-refractivity contribution in [2.75, 3.05) is 20.8 Å². The molecule has 0 aliphatic heterocycles. The van der Waals surface area contributed by atoms with E-state index in [-0.39, 0.29) is 25.8 Å². The van der Waals surface area contributed by atoms with Gasteiger partial charge in [-0.3, -0.25) is 18.7 Å². The Balaban J connectivity index is 1.39. The molecule has 2 aromatic carbocycles. The summed E-state index contributed by atoms with van der Waals surface area (Å²) in [6, 6.07) is 19.1. The zero-order valence-electron chi connectivity index (χ0n) is 19.5.